The molecular formula is C12H13NO2. The Morgan fingerprint density at radius 2 is 2.13 bits per heavy atom. The van der Waals surface area contributed by atoms with E-state index in [0.29, 0.717) is 0 Å². The smallest absolute Gasteiger partial charge is 0.330 e. The minimum Gasteiger partial charge on any atom is -0.467 e. The summed E-state index contributed by atoms with van der Waals surface area (Å²) in [7, 11) is 1.40. The van der Waals surface area contributed by atoms with Crippen LogP contribution in [0.5, 0.6) is 0 Å². The Bertz CT molecular complexity index is 384. The number of methoxy groups -OCH3 is 1. The molecule has 0 N–H and O–H groups in total. The molecule has 3 nitrogen and oxygen atoms in total. The van der Waals surface area contributed by atoms with Gasteiger partial charge < -0.3 is 4.74 Å². The third-order valence-electron chi connectivity index (χ3n) is 2.55. The quantitative estimate of drug-likeness (QED) is 0.687. The average Bonchev–Trinajstić information content (AvgIpc) is 2.78. The molecule has 1 aliphatic heterocycles. The van der Waals surface area contributed by atoms with E-state index in [9.17, 15) is 4.79 Å². The van der Waals surface area contributed by atoms with Crippen molar-refractivity contribution in [2.45, 2.75) is 18.9 Å². The summed E-state index contributed by atoms with van der Waals surface area (Å²) in [4.78, 5) is 15.6. The molecule has 0 aromatic heterocycles. The van der Waals surface area contributed by atoms with Crippen LogP contribution in [0.3, 0.4) is 0 Å². The van der Waals surface area contributed by atoms with Gasteiger partial charge in [-0.1, -0.05) is 30.3 Å². The lowest BCUT2D eigenvalue weighted by Crippen LogP contribution is -2.16. The Balaban J connectivity index is 2.17. The fourth-order valence-electron chi connectivity index (χ4n) is 1.75. The molecule has 1 aromatic rings. The average molecular weight is 203 g/mol. The molecule has 0 aliphatic carbocycles. The van der Waals surface area contributed by atoms with Gasteiger partial charge in [0.1, 0.15) is 6.04 Å². The Hall–Kier alpha value is -1.64. The van der Waals surface area contributed by atoms with Crippen molar-refractivity contribution >= 4 is 11.7 Å². The van der Waals surface area contributed by atoms with Crippen molar-refractivity contribution in [1.82, 2.24) is 0 Å². The molecule has 1 atom stereocenters. The van der Waals surface area contributed by atoms with Crippen molar-refractivity contribution < 1.29 is 9.53 Å². The summed E-state index contributed by atoms with van der Waals surface area (Å²) in [5.41, 5.74) is 2.11. The monoisotopic (exact) mass is 203 g/mol. The number of benzene rings is 1. The molecule has 0 saturated carbocycles. The highest BCUT2D eigenvalue weighted by Gasteiger charge is 2.25. The molecule has 1 heterocycles. The van der Waals surface area contributed by atoms with E-state index in [1.165, 1.54) is 7.11 Å². The third-order valence-corrected chi connectivity index (χ3v) is 2.55. The number of hydrogen-bond donors (Lipinski definition) is 0. The zero-order chi connectivity index (χ0) is 10.7. The standard InChI is InChI=1S/C12H13NO2/c1-15-12(14)11-8-7-10(13-11)9-5-3-2-4-6-9/h2-6,11H,7-8H2,1H3. The van der Waals surface area contributed by atoms with Crippen LogP contribution in [0.15, 0.2) is 35.3 Å². The van der Waals surface area contributed by atoms with Crippen LogP contribution in [0.4, 0.5) is 0 Å². The maximum atomic E-state index is 11.3. The number of carbonyl (C=O) groups excluding carboxylic acids is 1. The Morgan fingerprint density at radius 1 is 1.40 bits per heavy atom. The van der Waals surface area contributed by atoms with Gasteiger partial charge in [-0.3, -0.25) is 4.99 Å². The van der Waals surface area contributed by atoms with Crippen LogP contribution >= 0.6 is 0 Å². The van der Waals surface area contributed by atoms with Crippen molar-refractivity contribution in [3.63, 3.8) is 0 Å². The summed E-state index contributed by atoms with van der Waals surface area (Å²) in [6.07, 6.45) is 1.61. The number of aliphatic imine (C=N–C) groups is 1. The van der Waals surface area contributed by atoms with Crippen LogP contribution in [0.25, 0.3) is 0 Å². The molecule has 0 bridgehead atoms. The topological polar surface area (TPSA) is 38.7 Å². The molecule has 78 valence electrons. The van der Waals surface area contributed by atoms with E-state index in [-0.39, 0.29) is 12.0 Å². The van der Waals surface area contributed by atoms with Crippen molar-refractivity contribution in [2.24, 2.45) is 4.99 Å². The zero-order valence-electron chi connectivity index (χ0n) is 8.64. The number of hydrogen-bond acceptors (Lipinski definition) is 3. The summed E-state index contributed by atoms with van der Waals surface area (Å²) in [6.45, 7) is 0. The van der Waals surface area contributed by atoms with E-state index in [4.69, 9.17) is 0 Å². The van der Waals surface area contributed by atoms with Gasteiger partial charge in [-0.15, -0.1) is 0 Å². The van der Waals surface area contributed by atoms with Crippen LogP contribution in [-0.2, 0) is 9.53 Å². The first-order valence-corrected chi connectivity index (χ1v) is 5.01. The second kappa shape index (κ2) is 4.26. The third kappa shape index (κ3) is 2.06. The van der Waals surface area contributed by atoms with E-state index < -0.39 is 0 Å². The Morgan fingerprint density at radius 3 is 2.80 bits per heavy atom. The van der Waals surface area contributed by atoms with E-state index >= 15 is 0 Å². The molecule has 0 amide bonds. The first kappa shape index (κ1) is 9.90. The minimum atomic E-state index is -0.301. The number of esters is 1. The molecule has 1 aliphatic rings. The number of nitrogens with zero attached hydrogens (tertiary/aromatic N) is 1. The van der Waals surface area contributed by atoms with Gasteiger partial charge in [-0.05, 0) is 18.4 Å². The fraction of sp³-hybridized carbons (Fsp3) is 0.333. The molecule has 1 aromatic carbocycles. The molecular weight excluding hydrogens is 190 g/mol. The predicted molar refractivity (Wildman–Crippen MR) is 58.0 cm³/mol. The molecule has 15 heavy (non-hydrogen) atoms. The van der Waals surface area contributed by atoms with Crippen LogP contribution < -0.4 is 0 Å². The number of carbonyl (C=O) groups is 1. The second-order valence-corrected chi connectivity index (χ2v) is 3.52. The molecule has 3 heteroatoms. The van der Waals surface area contributed by atoms with E-state index in [1.54, 1.807) is 0 Å². The highest BCUT2D eigenvalue weighted by molar-refractivity contribution is 6.03. The van der Waals surface area contributed by atoms with Crippen molar-refractivity contribution in [2.75, 3.05) is 7.11 Å². The highest BCUT2D eigenvalue weighted by Crippen LogP contribution is 2.19. The fourth-order valence-corrected chi connectivity index (χ4v) is 1.75. The first-order chi connectivity index (χ1) is 7.31. The number of rotatable bonds is 2. The van der Waals surface area contributed by atoms with Crippen molar-refractivity contribution in [3.8, 4) is 0 Å². The largest absolute Gasteiger partial charge is 0.467 e. The van der Waals surface area contributed by atoms with Crippen molar-refractivity contribution in [3.05, 3.63) is 35.9 Å². The Labute approximate surface area is 88.8 Å². The molecule has 2 rings (SSSR count). The summed E-state index contributed by atoms with van der Waals surface area (Å²) in [6, 6.07) is 9.64. The molecule has 0 radical (unpaired) electrons. The normalized spacial score (nSPS) is 19.8. The van der Waals surface area contributed by atoms with Crippen LogP contribution in [-0.4, -0.2) is 24.8 Å². The highest BCUT2D eigenvalue weighted by atomic mass is 16.5. The van der Waals surface area contributed by atoms with E-state index in [0.717, 1.165) is 24.1 Å². The van der Waals surface area contributed by atoms with Gasteiger partial charge in [0.15, 0.2) is 0 Å². The molecule has 0 spiro atoms. The van der Waals surface area contributed by atoms with Gasteiger partial charge in [-0.2, -0.15) is 0 Å². The first-order valence-electron chi connectivity index (χ1n) is 5.01. The van der Waals surface area contributed by atoms with Crippen LogP contribution in [0.2, 0.25) is 0 Å². The lowest BCUT2D eigenvalue weighted by Gasteiger charge is -2.01. The van der Waals surface area contributed by atoms with Gasteiger partial charge in [0.05, 0.1) is 7.11 Å². The second-order valence-electron chi connectivity index (χ2n) is 3.52. The number of ether oxygens (including phenoxy) is 1. The van der Waals surface area contributed by atoms with E-state index in [2.05, 4.69) is 9.73 Å². The van der Waals surface area contributed by atoms with Gasteiger partial charge in [-0.25, -0.2) is 4.79 Å². The summed E-state index contributed by atoms with van der Waals surface area (Å²) >= 11 is 0. The van der Waals surface area contributed by atoms with Gasteiger partial charge >= 0.3 is 5.97 Å². The van der Waals surface area contributed by atoms with Crippen LogP contribution in [0, 0.1) is 0 Å². The molecule has 0 saturated heterocycles. The lowest BCUT2D eigenvalue weighted by atomic mass is 10.1. The molecule has 1 unspecified atom stereocenters. The molecule has 0 fully saturated rings. The minimum absolute atomic E-state index is 0.235. The summed E-state index contributed by atoms with van der Waals surface area (Å²) in [5, 5.41) is 0. The van der Waals surface area contributed by atoms with Crippen LogP contribution in [0.1, 0.15) is 18.4 Å². The van der Waals surface area contributed by atoms with Crippen molar-refractivity contribution in [1.29, 1.82) is 0 Å². The van der Waals surface area contributed by atoms with Gasteiger partial charge in [0, 0.05) is 5.71 Å². The SMILES string of the molecule is COC(=O)C1CCC(c2ccccc2)=N1. The maximum absolute atomic E-state index is 11.3. The van der Waals surface area contributed by atoms with Gasteiger partial charge in [0.25, 0.3) is 0 Å². The zero-order valence-corrected chi connectivity index (χ0v) is 8.64. The van der Waals surface area contributed by atoms with Gasteiger partial charge in [0.2, 0.25) is 0 Å². The summed E-state index contributed by atoms with van der Waals surface area (Å²) in [5.74, 6) is -0.235. The predicted octanol–water partition coefficient (Wildman–Crippen LogP) is 1.81. The maximum Gasteiger partial charge on any atom is 0.330 e. The summed E-state index contributed by atoms with van der Waals surface area (Å²) < 4.78 is 4.67. The van der Waals surface area contributed by atoms with E-state index in [1.807, 2.05) is 30.3 Å². The lowest BCUT2D eigenvalue weighted by molar-refractivity contribution is -0.141. The Kier molecular flexibility index (Phi) is 2.81.